The molecule has 120 valence electrons. The maximum atomic E-state index is 12.2. The van der Waals surface area contributed by atoms with Gasteiger partial charge in [-0.05, 0) is 58.3 Å². The van der Waals surface area contributed by atoms with Gasteiger partial charge in [-0.1, -0.05) is 13.8 Å². The van der Waals surface area contributed by atoms with Crippen LogP contribution in [0.4, 0.5) is 0 Å². The van der Waals surface area contributed by atoms with Gasteiger partial charge in [0.05, 0.1) is 5.75 Å². The number of likely N-dealkylation sites (N-methyl/N-ethyl adjacent to an activating group) is 1. The second kappa shape index (κ2) is 8.32. The fourth-order valence-electron chi connectivity index (χ4n) is 2.56. The molecule has 0 aliphatic carbocycles. The molecule has 1 aliphatic rings. The Balaban J connectivity index is 2.45. The lowest BCUT2D eigenvalue weighted by atomic mass is 9.96. The summed E-state index contributed by atoms with van der Waals surface area (Å²) in [5.74, 6) is 1.11. The summed E-state index contributed by atoms with van der Waals surface area (Å²) < 4.78 is 27.3. The van der Waals surface area contributed by atoms with Crippen molar-refractivity contribution >= 4 is 10.0 Å². The van der Waals surface area contributed by atoms with Crippen molar-refractivity contribution < 1.29 is 8.42 Å². The second-order valence-corrected chi connectivity index (χ2v) is 8.40. The van der Waals surface area contributed by atoms with Gasteiger partial charge in [-0.25, -0.2) is 13.1 Å². The quantitative estimate of drug-likeness (QED) is 0.699. The van der Waals surface area contributed by atoms with Gasteiger partial charge in [0.25, 0.3) is 0 Å². The number of sulfonamides is 1. The summed E-state index contributed by atoms with van der Waals surface area (Å²) in [6.45, 7) is 6.90. The van der Waals surface area contributed by atoms with E-state index in [1.807, 2.05) is 19.0 Å². The van der Waals surface area contributed by atoms with Crippen molar-refractivity contribution in [2.75, 3.05) is 39.5 Å². The molecular weight excluding hydrogens is 274 g/mol. The average molecular weight is 305 g/mol. The van der Waals surface area contributed by atoms with Crippen LogP contribution in [0.2, 0.25) is 0 Å². The fourth-order valence-corrected chi connectivity index (χ4v) is 4.13. The molecule has 1 aliphatic heterocycles. The maximum Gasteiger partial charge on any atom is 0.211 e. The molecule has 0 aromatic heterocycles. The van der Waals surface area contributed by atoms with E-state index in [0.29, 0.717) is 11.8 Å². The Morgan fingerprint density at radius 3 is 2.35 bits per heavy atom. The minimum atomic E-state index is -3.17. The molecule has 2 N–H and O–H groups in total. The number of hydrogen-bond donors (Lipinski definition) is 2. The highest BCUT2D eigenvalue weighted by Crippen LogP contribution is 2.17. The molecule has 0 radical (unpaired) electrons. The van der Waals surface area contributed by atoms with Crippen molar-refractivity contribution in [2.45, 2.75) is 39.2 Å². The van der Waals surface area contributed by atoms with Crippen LogP contribution in [0.1, 0.15) is 33.1 Å². The molecule has 1 heterocycles. The van der Waals surface area contributed by atoms with E-state index in [2.05, 4.69) is 23.9 Å². The lowest BCUT2D eigenvalue weighted by molar-refractivity contribution is 0.313. The number of piperidine rings is 1. The summed E-state index contributed by atoms with van der Waals surface area (Å²) in [5.41, 5.74) is 0. The molecule has 0 spiro atoms. The molecule has 6 heteroatoms. The molecule has 1 unspecified atom stereocenters. The Bertz CT molecular complexity index is 363. The molecule has 0 aromatic carbocycles. The van der Waals surface area contributed by atoms with Gasteiger partial charge in [-0.2, -0.15) is 0 Å². The molecule has 0 amide bonds. The van der Waals surface area contributed by atoms with Crippen molar-refractivity contribution in [3.8, 4) is 0 Å². The van der Waals surface area contributed by atoms with E-state index < -0.39 is 10.0 Å². The Hall–Kier alpha value is -0.170. The third-order valence-corrected chi connectivity index (χ3v) is 5.39. The topological polar surface area (TPSA) is 61.4 Å². The highest BCUT2D eigenvalue weighted by molar-refractivity contribution is 7.89. The minimum absolute atomic E-state index is 0.0111. The van der Waals surface area contributed by atoms with Gasteiger partial charge in [0.1, 0.15) is 0 Å². The van der Waals surface area contributed by atoms with Crippen LogP contribution in [0.5, 0.6) is 0 Å². The first-order valence-corrected chi connectivity index (χ1v) is 9.31. The monoisotopic (exact) mass is 305 g/mol. The van der Waals surface area contributed by atoms with Crippen LogP contribution >= 0.6 is 0 Å². The average Bonchev–Trinajstić information content (AvgIpc) is 2.36. The van der Waals surface area contributed by atoms with Crippen LogP contribution in [0.25, 0.3) is 0 Å². The summed E-state index contributed by atoms with van der Waals surface area (Å²) in [6.07, 6.45) is 2.98. The van der Waals surface area contributed by atoms with E-state index in [0.717, 1.165) is 38.9 Å². The molecule has 0 aromatic rings. The molecule has 1 rings (SSSR count). The van der Waals surface area contributed by atoms with Gasteiger partial charge in [0.2, 0.25) is 10.0 Å². The zero-order chi connectivity index (χ0) is 15.2. The van der Waals surface area contributed by atoms with Gasteiger partial charge in [0.15, 0.2) is 0 Å². The molecule has 0 saturated carbocycles. The van der Waals surface area contributed by atoms with Crippen molar-refractivity contribution in [3.63, 3.8) is 0 Å². The van der Waals surface area contributed by atoms with Crippen molar-refractivity contribution in [3.05, 3.63) is 0 Å². The Labute approximate surface area is 124 Å². The molecule has 1 fully saturated rings. The highest BCUT2D eigenvalue weighted by atomic mass is 32.2. The lowest BCUT2D eigenvalue weighted by Crippen LogP contribution is -2.46. The Kier molecular flexibility index (Phi) is 7.43. The largest absolute Gasteiger partial charge is 0.317 e. The Morgan fingerprint density at radius 2 is 1.85 bits per heavy atom. The second-order valence-electron chi connectivity index (χ2n) is 6.53. The molecular formula is C14H31N3O2S. The van der Waals surface area contributed by atoms with Gasteiger partial charge >= 0.3 is 0 Å². The van der Waals surface area contributed by atoms with Crippen LogP contribution in [0, 0.1) is 11.8 Å². The van der Waals surface area contributed by atoms with Crippen LogP contribution in [0.15, 0.2) is 0 Å². The summed E-state index contributed by atoms with van der Waals surface area (Å²) in [6, 6.07) is -0.0111. The van der Waals surface area contributed by atoms with E-state index in [-0.39, 0.29) is 11.8 Å². The van der Waals surface area contributed by atoms with Gasteiger partial charge in [0, 0.05) is 12.6 Å². The van der Waals surface area contributed by atoms with E-state index in [9.17, 15) is 8.42 Å². The molecule has 5 nitrogen and oxygen atoms in total. The number of rotatable bonds is 8. The Morgan fingerprint density at radius 1 is 1.25 bits per heavy atom. The van der Waals surface area contributed by atoms with Gasteiger partial charge < -0.3 is 10.2 Å². The first-order valence-electron chi connectivity index (χ1n) is 7.65. The van der Waals surface area contributed by atoms with Crippen molar-refractivity contribution in [2.24, 2.45) is 11.8 Å². The zero-order valence-corrected chi connectivity index (χ0v) is 14.2. The SMILES string of the molecule is CC(C)C(CN(C)C)NS(=O)(=O)CCC1CCNCC1. The smallest absolute Gasteiger partial charge is 0.211 e. The van der Waals surface area contributed by atoms with Crippen molar-refractivity contribution in [1.29, 1.82) is 0 Å². The van der Waals surface area contributed by atoms with Crippen LogP contribution in [-0.2, 0) is 10.0 Å². The van der Waals surface area contributed by atoms with Crippen LogP contribution < -0.4 is 10.0 Å². The van der Waals surface area contributed by atoms with Crippen LogP contribution in [-0.4, -0.2) is 58.8 Å². The molecule has 20 heavy (non-hydrogen) atoms. The predicted molar refractivity (Wildman–Crippen MR) is 84.3 cm³/mol. The zero-order valence-electron chi connectivity index (χ0n) is 13.4. The number of nitrogens with one attached hydrogen (secondary N) is 2. The standard InChI is InChI=1S/C14H31N3O2S/c1-12(2)14(11-17(3)4)16-20(18,19)10-7-13-5-8-15-9-6-13/h12-16H,5-11H2,1-4H3. The normalized spacial score (nSPS) is 19.7. The first-order chi connectivity index (χ1) is 9.30. The molecule has 1 saturated heterocycles. The third kappa shape index (κ3) is 7.02. The summed E-state index contributed by atoms with van der Waals surface area (Å²) >= 11 is 0. The molecule has 1 atom stereocenters. The summed E-state index contributed by atoms with van der Waals surface area (Å²) in [5, 5.41) is 3.31. The van der Waals surface area contributed by atoms with Gasteiger partial charge in [-0.15, -0.1) is 0 Å². The fraction of sp³-hybridized carbons (Fsp3) is 1.00. The van der Waals surface area contributed by atoms with E-state index in [1.165, 1.54) is 0 Å². The number of nitrogens with zero attached hydrogens (tertiary/aromatic N) is 1. The van der Waals surface area contributed by atoms with E-state index >= 15 is 0 Å². The van der Waals surface area contributed by atoms with Crippen LogP contribution in [0.3, 0.4) is 0 Å². The summed E-state index contributed by atoms with van der Waals surface area (Å²) in [7, 11) is 0.774. The maximum absolute atomic E-state index is 12.2. The number of hydrogen-bond acceptors (Lipinski definition) is 4. The minimum Gasteiger partial charge on any atom is -0.317 e. The predicted octanol–water partition coefficient (Wildman–Crippen LogP) is 0.882. The van der Waals surface area contributed by atoms with E-state index in [4.69, 9.17) is 0 Å². The first kappa shape index (κ1) is 17.9. The van der Waals surface area contributed by atoms with Crippen molar-refractivity contribution in [1.82, 2.24) is 14.9 Å². The van der Waals surface area contributed by atoms with E-state index in [1.54, 1.807) is 0 Å². The highest BCUT2D eigenvalue weighted by Gasteiger charge is 2.23. The lowest BCUT2D eigenvalue weighted by Gasteiger charge is -2.26. The summed E-state index contributed by atoms with van der Waals surface area (Å²) in [4.78, 5) is 2.03. The molecule has 0 bridgehead atoms. The third-order valence-electron chi connectivity index (χ3n) is 3.95. The van der Waals surface area contributed by atoms with Gasteiger partial charge in [-0.3, -0.25) is 0 Å².